The molecular weight excluding hydrogens is 286 g/mol. The molecule has 0 aliphatic carbocycles. The Hall–Kier alpha value is -0.190. The normalized spacial score (nSPS) is 12.7. The van der Waals surface area contributed by atoms with Crippen molar-refractivity contribution in [3.8, 4) is 5.75 Å². The van der Waals surface area contributed by atoms with Crippen LogP contribution in [0.15, 0.2) is 22.7 Å². The molecule has 2 nitrogen and oxygen atoms in total. The molecule has 0 saturated heterocycles. The van der Waals surface area contributed by atoms with Gasteiger partial charge in [0.15, 0.2) is 0 Å². The van der Waals surface area contributed by atoms with Crippen LogP contribution >= 0.6 is 27.7 Å². The maximum absolute atomic E-state index is 9.79. The van der Waals surface area contributed by atoms with E-state index in [0.29, 0.717) is 5.75 Å². The molecule has 0 radical (unpaired) electrons. The van der Waals surface area contributed by atoms with E-state index in [1.165, 1.54) is 5.75 Å². The fraction of sp³-hybridized carbons (Fsp3) is 0.500. The third-order valence-electron chi connectivity index (χ3n) is 2.43. The highest BCUT2D eigenvalue weighted by Gasteiger charge is 2.09. The zero-order valence-corrected chi connectivity index (χ0v) is 12.1. The zero-order chi connectivity index (χ0) is 12.0. The molecular formula is C12H18BrNOS. The van der Waals surface area contributed by atoms with E-state index in [0.717, 1.165) is 23.0 Å². The molecule has 0 amide bonds. The summed E-state index contributed by atoms with van der Waals surface area (Å²) in [6, 6.07) is 5.82. The molecule has 1 rings (SSSR count). The number of halogens is 1. The third-order valence-corrected chi connectivity index (χ3v) is 3.62. The first-order valence-electron chi connectivity index (χ1n) is 5.36. The Morgan fingerprint density at radius 2 is 2.25 bits per heavy atom. The molecule has 1 aromatic carbocycles. The second-order valence-corrected chi connectivity index (χ2v) is 5.63. The summed E-state index contributed by atoms with van der Waals surface area (Å²) in [5.41, 5.74) is 0.951. The topological polar surface area (TPSA) is 32.3 Å². The Kier molecular flexibility index (Phi) is 6.24. The van der Waals surface area contributed by atoms with Crippen molar-refractivity contribution in [1.82, 2.24) is 5.32 Å². The lowest BCUT2D eigenvalue weighted by Crippen LogP contribution is -2.20. The molecule has 0 heterocycles. The first-order valence-corrected chi connectivity index (χ1v) is 7.54. The summed E-state index contributed by atoms with van der Waals surface area (Å²) >= 11 is 5.19. The van der Waals surface area contributed by atoms with Gasteiger partial charge in [-0.05, 0) is 44.0 Å². The second kappa shape index (κ2) is 7.20. The fourth-order valence-corrected chi connectivity index (χ4v) is 2.31. The van der Waals surface area contributed by atoms with Crippen molar-refractivity contribution >= 4 is 27.7 Å². The van der Waals surface area contributed by atoms with Gasteiger partial charge in [-0.15, -0.1) is 0 Å². The van der Waals surface area contributed by atoms with E-state index in [-0.39, 0.29) is 6.04 Å². The third kappa shape index (κ3) is 4.36. The van der Waals surface area contributed by atoms with Crippen LogP contribution in [0.2, 0.25) is 0 Å². The van der Waals surface area contributed by atoms with E-state index in [2.05, 4.69) is 34.4 Å². The standard InChI is InChI=1S/C12H18BrNOS/c1-9(14-6-3-7-16-2)11-5-4-10(13)8-12(11)15/h4-5,8-9,14-15H,3,6-7H2,1-2H3. The van der Waals surface area contributed by atoms with Crippen LogP contribution in [0.1, 0.15) is 24.9 Å². The molecule has 0 spiro atoms. The molecule has 1 aromatic rings. The fourth-order valence-electron chi connectivity index (χ4n) is 1.53. The first kappa shape index (κ1) is 13.9. The van der Waals surface area contributed by atoms with E-state index in [1.807, 2.05) is 23.9 Å². The molecule has 90 valence electrons. The van der Waals surface area contributed by atoms with E-state index < -0.39 is 0 Å². The van der Waals surface area contributed by atoms with Crippen LogP contribution in [0.3, 0.4) is 0 Å². The second-order valence-electron chi connectivity index (χ2n) is 3.73. The van der Waals surface area contributed by atoms with Gasteiger partial charge in [0, 0.05) is 16.1 Å². The summed E-state index contributed by atoms with van der Waals surface area (Å²) in [4.78, 5) is 0. The van der Waals surface area contributed by atoms with Crippen LogP contribution in [0.4, 0.5) is 0 Å². The zero-order valence-electron chi connectivity index (χ0n) is 9.66. The maximum Gasteiger partial charge on any atom is 0.121 e. The number of aromatic hydroxyl groups is 1. The van der Waals surface area contributed by atoms with E-state index in [1.54, 1.807) is 6.07 Å². The average molecular weight is 304 g/mol. The van der Waals surface area contributed by atoms with Crippen LogP contribution in [0.5, 0.6) is 5.75 Å². The van der Waals surface area contributed by atoms with E-state index in [4.69, 9.17) is 0 Å². The van der Waals surface area contributed by atoms with Gasteiger partial charge in [-0.3, -0.25) is 0 Å². The number of thioether (sulfide) groups is 1. The Bertz CT molecular complexity index is 333. The molecule has 1 atom stereocenters. The van der Waals surface area contributed by atoms with Gasteiger partial charge in [0.25, 0.3) is 0 Å². The van der Waals surface area contributed by atoms with Crippen molar-refractivity contribution in [2.24, 2.45) is 0 Å². The summed E-state index contributed by atoms with van der Waals surface area (Å²) in [5, 5.41) is 13.2. The molecule has 0 aliphatic heterocycles. The maximum atomic E-state index is 9.79. The first-order chi connectivity index (χ1) is 7.65. The van der Waals surface area contributed by atoms with E-state index in [9.17, 15) is 5.11 Å². The summed E-state index contributed by atoms with van der Waals surface area (Å²) < 4.78 is 0.906. The predicted molar refractivity (Wildman–Crippen MR) is 75.2 cm³/mol. The van der Waals surface area contributed by atoms with Crippen molar-refractivity contribution in [3.05, 3.63) is 28.2 Å². The molecule has 0 fully saturated rings. The highest BCUT2D eigenvalue weighted by atomic mass is 79.9. The number of phenols is 1. The van der Waals surface area contributed by atoms with Crippen molar-refractivity contribution in [2.45, 2.75) is 19.4 Å². The van der Waals surface area contributed by atoms with Crippen LogP contribution in [0.25, 0.3) is 0 Å². The molecule has 1 unspecified atom stereocenters. The highest BCUT2D eigenvalue weighted by molar-refractivity contribution is 9.10. The van der Waals surface area contributed by atoms with Gasteiger partial charge in [-0.25, -0.2) is 0 Å². The summed E-state index contributed by atoms with van der Waals surface area (Å²) in [6.07, 6.45) is 3.27. The largest absolute Gasteiger partial charge is 0.508 e. The molecule has 2 N–H and O–H groups in total. The van der Waals surface area contributed by atoms with Gasteiger partial charge in [0.05, 0.1) is 0 Å². The monoisotopic (exact) mass is 303 g/mol. The van der Waals surface area contributed by atoms with Crippen LogP contribution in [-0.2, 0) is 0 Å². The minimum Gasteiger partial charge on any atom is -0.508 e. The van der Waals surface area contributed by atoms with Gasteiger partial charge < -0.3 is 10.4 Å². The lowest BCUT2D eigenvalue weighted by molar-refractivity contribution is 0.452. The molecule has 16 heavy (non-hydrogen) atoms. The number of hydrogen-bond donors (Lipinski definition) is 2. The smallest absolute Gasteiger partial charge is 0.121 e. The number of rotatable bonds is 6. The van der Waals surface area contributed by atoms with Gasteiger partial charge in [-0.1, -0.05) is 22.0 Å². The Labute approximate surface area is 110 Å². The Morgan fingerprint density at radius 3 is 2.88 bits per heavy atom. The summed E-state index contributed by atoms with van der Waals surface area (Å²) in [6.45, 7) is 3.06. The van der Waals surface area contributed by atoms with Crippen LogP contribution in [-0.4, -0.2) is 23.7 Å². The number of nitrogens with one attached hydrogen (secondary N) is 1. The molecule has 0 aromatic heterocycles. The quantitative estimate of drug-likeness (QED) is 0.788. The number of benzene rings is 1. The lowest BCUT2D eigenvalue weighted by Gasteiger charge is -2.15. The number of hydrogen-bond acceptors (Lipinski definition) is 3. The summed E-state index contributed by atoms with van der Waals surface area (Å²) in [5.74, 6) is 1.52. The lowest BCUT2D eigenvalue weighted by atomic mass is 10.1. The minimum atomic E-state index is 0.190. The molecule has 0 bridgehead atoms. The van der Waals surface area contributed by atoms with Crippen molar-refractivity contribution < 1.29 is 5.11 Å². The average Bonchev–Trinajstić information content (AvgIpc) is 2.24. The highest BCUT2D eigenvalue weighted by Crippen LogP contribution is 2.27. The molecule has 4 heteroatoms. The predicted octanol–water partition coefficient (Wildman–Crippen LogP) is 3.56. The van der Waals surface area contributed by atoms with Crippen molar-refractivity contribution in [1.29, 1.82) is 0 Å². The van der Waals surface area contributed by atoms with Gasteiger partial charge in [0.2, 0.25) is 0 Å². The molecule has 0 saturated carbocycles. The van der Waals surface area contributed by atoms with Gasteiger partial charge >= 0.3 is 0 Å². The minimum absolute atomic E-state index is 0.190. The van der Waals surface area contributed by atoms with Crippen LogP contribution < -0.4 is 5.32 Å². The Morgan fingerprint density at radius 1 is 1.50 bits per heavy atom. The Balaban J connectivity index is 2.49. The van der Waals surface area contributed by atoms with Gasteiger partial charge in [0.1, 0.15) is 5.75 Å². The molecule has 0 aliphatic rings. The SMILES string of the molecule is CSCCCNC(C)c1ccc(Br)cc1O. The van der Waals surface area contributed by atoms with Crippen molar-refractivity contribution in [3.63, 3.8) is 0 Å². The van der Waals surface area contributed by atoms with Crippen molar-refractivity contribution in [2.75, 3.05) is 18.6 Å². The summed E-state index contributed by atoms with van der Waals surface area (Å²) in [7, 11) is 0. The van der Waals surface area contributed by atoms with E-state index >= 15 is 0 Å². The van der Waals surface area contributed by atoms with Gasteiger partial charge in [-0.2, -0.15) is 11.8 Å². The van der Waals surface area contributed by atoms with Crippen LogP contribution in [0, 0.1) is 0 Å². The number of phenolic OH excluding ortho intramolecular Hbond substituents is 1.